The maximum absolute atomic E-state index is 13.4. The van der Waals surface area contributed by atoms with Crippen LogP contribution < -0.4 is 0 Å². The van der Waals surface area contributed by atoms with E-state index in [1.807, 2.05) is 0 Å². The molecule has 1 aliphatic heterocycles. The molecule has 0 aliphatic carbocycles. The first-order chi connectivity index (χ1) is 9.30. The number of sulfonamides is 1. The van der Waals surface area contributed by atoms with Gasteiger partial charge >= 0.3 is 5.97 Å². The molecule has 0 saturated carbocycles. The lowest BCUT2D eigenvalue weighted by Gasteiger charge is -2.29. The van der Waals surface area contributed by atoms with E-state index in [1.165, 1.54) is 12.1 Å². The maximum atomic E-state index is 13.4. The maximum Gasteiger partial charge on any atom is 0.307 e. The van der Waals surface area contributed by atoms with Crippen LogP contribution in [0.2, 0.25) is 0 Å². The van der Waals surface area contributed by atoms with Gasteiger partial charge in [-0.3, -0.25) is 4.79 Å². The van der Waals surface area contributed by atoms with Gasteiger partial charge in [-0.05, 0) is 43.5 Å². The Balaban J connectivity index is 2.32. The smallest absolute Gasteiger partial charge is 0.307 e. The minimum absolute atomic E-state index is 0.0623. The molecule has 0 aromatic heterocycles. The van der Waals surface area contributed by atoms with Crippen molar-refractivity contribution < 1.29 is 22.7 Å². The summed E-state index contributed by atoms with van der Waals surface area (Å²) >= 11 is 0. The highest BCUT2D eigenvalue weighted by atomic mass is 32.2. The highest BCUT2D eigenvalue weighted by Crippen LogP contribution is 2.25. The van der Waals surface area contributed by atoms with Gasteiger partial charge in [0.2, 0.25) is 10.0 Å². The number of benzene rings is 1. The van der Waals surface area contributed by atoms with E-state index in [0.717, 1.165) is 10.4 Å². The van der Waals surface area contributed by atoms with E-state index in [4.69, 9.17) is 5.11 Å². The third-order valence-corrected chi connectivity index (χ3v) is 5.23. The molecular formula is C13H16FNO4S. The zero-order valence-corrected chi connectivity index (χ0v) is 11.9. The lowest BCUT2D eigenvalue weighted by Crippen LogP contribution is -2.42. The fourth-order valence-electron chi connectivity index (χ4n) is 2.36. The number of carboxylic acid groups (broad SMARTS) is 1. The van der Waals surface area contributed by atoms with Crippen LogP contribution in [0.5, 0.6) is 0 Å². The monoisotopic (exact) mass is 301 g/mol. The van der Waals surface area contributed by atoms with Crippen molar-refractivity contribution in [2.45, 2.75) is 24.7 Å². The van der Waals surface area contributed by atoms with Crippen LogP contribution in [-0.2, 0) is 14.8 Å². The molecule has 110 valence electrons. The summed E-state index contributed by atoms with van der Waals surface area (Å²) < 4.78 is 39.3. The molecule has 1 saturated heterocycles. The number of rotatable bonds is 3. The van der Waals surface area contributed by atoms with Gasteiger partial charge < -0.3 is 5.11 Å². The average Bonchev–Trinajstić information content (AvgIpc) is 2.37. The molecule has 1 atom stereocenters. The summed E-state index contributed by atoms with van der Waals surface area (Å²) in [6, 6.07) is 3.60. The van der Waals surface area contributed by atoms with E-state index in [2.05, 4.69) is 0 Å². The molecule has 1 unspecified atom stereocenters. The lowest BCUT2D eigenvalue weighted by molar-refractivity contribution is -0.142. The summed E-state index contributed by atoms with van der Waals surface area (Å²) in [6.45, 7) is 1.81. The standard InChI is InChI=1S/C13H16FNO4S/c1-9-5-11(14)7-12(6-9)20(18,19)15-4-2-3-10(8-15)13(16)17/h5-7,10H,2-4,8H2,1H3,(H,16,17). The van der Waals surface area contributed by atoms with Crippen LogP contribution in [0.1, 0.15) is 18.4 Å². The van der Waals surface area contributed by atoms with Crippen molar-refractivity contribution in [2.24, 2.45) is 5.92 Å². The number of aryl methyl sites for hydroxylation is 1. The van der Waals surface area contributed by atoms with E-state index < -0.39 is 27.7 Å². The second-order valence-corrected chi connectivity index (χ2v) is 6.94. The van der Waals surface area contributed by atoms with Crippen LogP contribution >= 0.6 is 0 Å². The van der Waals surface area contributed by atoms with Gasteiger partial charge in [-0.1, -0.05) is 0 Å². The van der Waals surface area contributed by atoms with Crippen LogP contribution in [-0.4, -0.2) is 36.9 Å². The van der Waals surface area contributed by atoms with Gasteiger partial charge in [0.05, 0.1) is 10.8 Å². The average molecular weight is 301 g/mol. The number of carbonyl (C=O) groups is 1. The molecule has 1 aliphatic rings. The molecule has 5 nitrogen and oxygen atoms in total. The molecule has 0 amide bonds. The van der Waals surface area contributed by atoms with Crippen molar-refractivity contribution in [3.63, 3.8) is 0 Å². The Morgan fingerprint density at radius 2 is 2.10 bits per heavy atom. The number of hydrogen-bond acceptors (Lipinski definition) is 3. The summed E-state index contributed by atoms with van der Waals surface area (Å²) in [5.41, 5.74) is 0.510. The number of piperidine rings is 1. The Morgan fingerprint density at radius 3 is 2.70 bits per heavy atom. The van der Waals surface area contributed by atoms with Crippen LogP contribution in [0.4, 0.5) is 4.39 Å². The molecule has 1 N–H and O–H groups in total. The van der Waals surface area contributed by atoms with Crippen molar-refractivity contribution in [1.82, 2.24) is 4.31 Å². The zero-order valence-electron chi connectivity index (χ0n) is 11.0. The number of hydrogen-bond donors (Lipinski definition) is 1. The Labute approximate surface area is 117 Å². The highest BCUT2D eigenvalue weighted by Gasteiger charge is 2.33. The van der Waals surface area contributed by atoms with Crippen LogP contribution in [0, 0.1) is 18.7 Å². The molecule has 1 heterocycles. The summed E-state index contributed by atoms with van der Waals surface area (Å²) in [5.74, 6) is -2.32. The van der Waals surface area contributed by atoms with Crippen LogP contribution in [0.3, 0.4) is 0 Å². The van der Waals surface area contributed by atoms with Crippen molar-refractivity contribution in [1.29, 1.82) is 0 Å². The predicted molar refractivity (Wildman–Crippen MR) is 70.3 cm³/mol. The summed E-state index contributed by atoms with van der Waals surface area (Å²) in [6.07, 6.45) is 0.952. The van der Waals surface area contributed by atoms with Gasteiger partial charge in [0, 0.05) is 13.1 Å². The number of halogens is 1. The van der Waals surface area contributed by atoms with Crippen LogP contribution in [0.15, 0.2) is 23.1 Å². The minimum Gasteiger partial charge on any atom is -0.481 e. The minimum atomic E-state index is -3.84. The quantitative estimate of drug-likeness (QED) is 0.920. The zero-order chi connectivity index (χ0) is 14.9. The molecule has 0 bridgehead atoms. The normalized spacial score (nSPS) is 20.8. The molecule has 1 fully saturated rings. The number of nitrogens with zero attached hydrogens (tertiary/aromatic N) is 1. The second kappa shape index (κ2) is 5.49. The number of carboxylic acids is 1. The van der Waals surface area contributed by atoms with E-state index in [0.29, 0.717) is 18.4 Å². The van der Waals surface area contributed by atoms with Crippen molar-refractivity contribution in [2.75, 3.05) is 13.1 Å². The molecule has 1 aromatic rings. The molecule has 2 rings (SSSR count). The first-order valence-corrected chi connectivity index (χ1v) is 7.75. The van der Waals surface area contributed by atoms with Gasteiger partial charge in [-0.25, -0.2) is 12.8 Å². The second-order valence-electron chi connectivity index (χ2n) is 5.00. The third kappa shape index (κ3) is 2.99. The van der Waals surface area contributed by atoms with Crippen molar-refractivity contribution >= 4 is 16.0 Å². The van der Waals surface area contributed by atoms with Gasteiger partial charge in [0.15, 0.2) is 0 Å². The van der Waals surface area contributed by atoms with Gasteiger partial charge in [-0.15, -0.1) is 0 Å². The summed E-state index contributed by atoms with van der Waals surface area (Å²) in [7, 11) is -3.84. The largest absolute Gasteiger partial charge is 0.481 e. The van der Waals surface area contributed by atoms with Crippen molar-refractivity contribution in [3.8, 4) is 0 Å². The molecule has 0 spiro atoms. The topological polar surface area (TPSA) is 74.7 Å². The van der Waals surface area contributed by atoms with E-state index in [1.54, 1.807) is 6.92 Å². The molecule has 7 heteroatoms. The molecule has 1 aromatic carbocycles. The first kappa shape index (κ1) is 14.9. The Bertz CT molecular complexity index is 609. The van der Waals surface area contributed by atoms with Gasteiger partial charge in [-0.2, -0.15) is 4.31 Å². The van der Waals surface area contributed by atoms with Gasteiger partial charge in [0.25, 0.3) is 0 Å². The fraction of sp³-hybridized carbons (Fsp3) is 0.462. The fourth-order valence-corrected chi connectivity index (χ4v) is 4.00. The molecular weight excluding hydrogens is 285 g/mol. The molecule has 0 radical (unpaired) electrons. The summed E-state index contributed by atoms with van der Waals surface area (Å²) in [4.78, 5) is 10.9. The highest BCUT2D eigenvalue weighted by molar-refractivity contribution is 7.89. The van der Waals surface area contributed by atoms with Gasteiger partial charge in [0.1, 0.15) is 5.82 Å². The lowest BCUT2D eigenvalue weighted by atomic mass is 10.0. The number of aliphatic carboxylic acids is 1. The third-order valence-electron chi connectivity index (χ3n) is 3.39. The van der Waals surface area contributed by atoms with E-state index in [9.17, 15) is 17.6 Å². The van der Waals surface area contributed by atoms with Crippen LogP contribution in [0.25, 0.3) is 0 Å². The SMILES string of the molecule is Cc1cc(F)cc(S(=O)(=O)N2CCCC(C(=O)O)C2)c1. The van der Waals surface area contributed by atoms with Crippen molar-refractivity contribution in [3.05, 3.63) is 29.6 Å². The predicted octanol–water partition coefficient (Wildman–Crippen LogP) is 1.62. The Kier molecular flexibility index (Phi) is 4.10. The Morgan fingerprint density at radius 1 is 1.40 bits per heavy atom. The Hall–Kier alpha value is -1.47. The summed E-state index contributed by atoms with van der Waals surface area (Å²) in [5, 5.41) is 9.00. The van der Waals surface area contributed by atoms with E-state index >= 15 is 0 Å². The van der Waals surface area contributed by atoms with E-state index in [-0.39, 0.29) is 18.0 Å². The first-order valence-electron chi connectivity index (χ1n) is 6.31. The molecule has 20 heavy (non-hydrogen) atoms.